The molecular formula is H4NNaO6P2. The summed E-state index contributed by atoms with van der Waals surface area (Å²) in [5, 5.41) is 9.00. The van der Waals surface area contributed by atoms with Crippen LogP contribution in [0.4, 0.5) is 0 Å². The van der Waals surface area contributed by atoms with Crippen LogP contribution in [0, 0.1) is 10.1 Å². The molecule has 0 heterocycles. The predicted molar refractivity (Wildman–Crippen MR) is 31.9 cm³/mol. The van der Waals surface area contributed by atoms with E-state index in [0.29, 0.717) is 0 Å². The minimum absolute atomic E-state index is 0. The van der Waals surface area contributed by atoms with Crippen LogP contribution >= 0.6 is 16.1 Å². The molecule has 56 valence electrons. The fourth-order valence-electron chi connectivity index (χ4n) is 0. The number of hydrogen-bond acceptors (Lipinski definition) is 7. The summed E-state index contributed by atoms with van der Waals surface area (Å²) < 4.78 is 0. The van der Waals surface area contributed by atoms with E-state index in [-0.39, 0.29) is 29.6 Å². The van der Waals surface area contributed by atoms with E-state index in [4.69, 9.17) is 29.7 Å². The Morgan fingerprint density at radius 1 is 1.10 bits per heavy atom. The first-order chi connectivity index (χ1) is 4.06. The quantitative estimate of drug-likeness (QED) is 0.151. The fraction of sp³-hybridized carbons (Fsp3) is 0. The summed E-state index contributed by atoms with van der Waals surface area (Å²) in [5.41, 5.74) is 0. The molecule has 0 saturated carbocycles. The van der Waals surface area contributed by atoms with Crippen molar-refractivity contribution in [1.29, 1.82) is 0 Å². The van der Waals surface area contributed by atoms with Crippen molar-refractivity contribution in [3.63, 3.8) is 0 Å². The molecule has 0 atom stereocenters. The van der Waals surface area contributed by atoms with Gasteiger partial charge >= 0.3 is 29.6 Å². The first kappa shape index (κ1) is 17.3. The van der Waals surface area contributed by atoms with Crippen molar-refractivity contribution in [1.82, 2.24) is 0 Å². The first-order valence-corrected chi connectivity index (χ1v) is 4.57. The molecule has 0 saturated heterocycles. The van der Waals surface area contributed by atoms with Crippen molar-refractivity contribution in [2.75, 3.05) is 0 Å². The topological polar surface area (TPSA) is 133 Å². The van der Waals surface area contributed by atoms with Crippen LogP contribution in [0.1, 0.15) is 0 Å². The van der Waals surface area contributed by atoms with Gasteiger partial charge in [-0.2, -0.15) is 0 Å². The summed E-state index contributed by atoms with van der Waals surface area (Å²) >= 11 is 0. The van der Waals surface area contributed by atoms with Gasteiger partial charge in [-0.15, -0.1) is 5.34 Å². The zero-order valence-corrected chi connectivity index (χ0v) is 8.74. The van der Waals surface area contributed by atoms with Crippen molar-refractivity contribution in [2.45, 2.75) is 0 Å². The maximum atomic E-state index is 8.00. The molecule has 0 aliphatic rings. The molecule has 0 aromatic heterocycles. The number of rotatable bonds is 1. The maximum Gasteiger partial charge on any atom is 1.00 e. The maximum absolute atomic E-state index is 8.00. The van der Waals surface area contributed by atoms with Crippen LogP contribution in [0.3, 0.4) is 0 Å². The van der Waals surface area contributed by atoms with E-state index >= 15 is 0 Å². The molecule has 0 aliphatic carbocycles. The summed E-state index contributed by atoms with van der Waals surface area (Å²) in [6.07, 6.45) is 0. The van der Waals surface area contributed by atoms with E-state index in [0.717, 1.165) is 5.34 Å². The van der Waals surface area contributed by atoms with Gasteiger partial charge in [-0.25, -0.2) is 0 Å². The Balaban J connectivity index is -0.000000107. The molecule has 0 rings (SSSR count). The minimum Gasteiger partial charge on any atom is -0.444 e. The van der Waals surface area contributed by atoms with Crippen molar-refractivity contribution < 1.29 is 49.1 Å². The Bertz CT molecular complexity index is 60.8. The minimum atomic E-state index is -2.48. The molecule has 0 amide bonds. The molecule has 0 fully saturated rings. The fourth-order valence-corrected chi connectivity index (χ4v) is 0. The summed E-state index contributed by atoms with van der Waals surface area (Å²) in [6, 6.07) is 0. The van der Waals surface area contributed by atoms with E-state index in [1.54, 1.807) is 0 Å². The summed E-state index contributed by atoms with van der Waals surface area (Å²) in [4.78, 5) is 39.1. The van der Waals surface area contributed by atoms with Gasteiger partial charge in [0.2, 0.25) is 0 Å². The van der Waals surface area contributed by atoms with Crippen LogP contribution in [-0.4, -0.2) is 19.6 Å². The molecule has 0 aliphatic heterocycles. The van der Waals surface area contributed by atoms with Crippen LogP contribution in [0.25, 0.3) is 0 Å². The second kappa shape index (κ2) is 12.7. The van der Waals surface area contributed by atoms with Gasteiger partial charge in [-0.1, -0.05) is 0 Å². The van der Waals surface area contributed by atoms with Crippen LogP contribution in [0.2, 0.25) is 0 Å². The number of nitrogens with zero attached hydrogens (tertiary/aromatic N) is 1. The molecule has 10 heavy (non-hydrogen) atoms. The molecule has 0 spiro atoms. The second-order valence-corrected chi connectivity index (χ2v) is 3.83. The van der Waals surface area contributed by atoms with Gasteiger partial charge in [0.15, 0.2) is 0 Å². The van der Waals surface area contributed by atoms with E-state index in [2.05, 4.69) is 0 Å². The van der Waals surface area contributed by atoms with Crippen molar-refractivity contribution in [3.05, 3.63) is 10.1 Å². The first-order valence-electron chi connectivity index (χ1n) is 1.37. The average molecular weight is 199 g/mol. The van der Waals surface area contributed by atoms with Crippen LogP contribution < -0.4 is 29.6 Å². The van der Waals surface area contributed by atoms with Crippen LogP contribution in [0.15, 0.2) is 5.34 Å². The third-order valence-corrected chi connectivity index (χ3v) is 1.44. The molecule has 0 unspecified atom stereocenters. The van der Waals surface area contributed by atoms with Crippen molar-refractivity contribution in [2.24, 2.45) is 5.34 Å². The molecule has 4 N–H and O–H groups in total. The molecule has 0 aromatic carbocycles. The summed E-state index contributed by atoms with van der Waals surface area (Å²) in [7, 11) is -4.97. The van der Waals surface area contributed by atoms with Crippen LogP contribution in [-0.2, 0) is 0 Å². The smallest absolute Gasteiger partial charge is 0.444 e. The Morgan fingerprint density at radius 3 is 1.20 bits per heavy atom. The molecular weight excluding hydrogens is 195 g/mol. The zero-order chi connectivity index (χ0) is 7.86. The Morgan fingerprint density at radius 2 is 1.20 bits per heavy atom. The van der Waals surface area contributed by atoms with Gasteiger partial charge in [0.1, 0.15) is 0 Å². The Kier molecular flexibility index (Phi) is 22.0. The standard InChI is InChI=1S/HNO2.Na.H4O4P2/c2-1-3;;1-5(2)6(3)4/h(H,2,3);;1-4H/q;+1;/p-1. The predicted octanol–water partition coefficient (Wildman–Crippen LogP) is -3.25. The molecule has 0 bridgehead atoms. The van der Waals surface area contributed by atoms with Gasteiger partial charge in [0.25, 0.3) is 16.1 Å². The Labute approximate surface area is 80.7 Å². The molecule has 0 aromatic rings. The monoisotopic (exact) mass is 199 g/mol. The van der Waals surface area contributed by atoms with Gasteiger partial charge in [-0.05, 0) is 0 Å². The molecule has 0 radical (unpaired) electrons. The van der Waals surface area contributed by atoms with Gasteiger partial charge in [0.05, 0.1) is 0 Å². The van der Waals surface area contributed by atoms with Crippen molar-refractivity contribution in [3.8, 4) is 0 Å². The van der Waals surface area contributed by atoms with Crippen molar-refractivity contribution >= 4 is 16.1 Å². The van der Waals surface area contributed by atoms with Gasteiger partial charge in [-0.3, -0.25) is 0 Å². The number of hydrogen-bond donors (Lipinski definition) is 4. The zero-order valence-electron chi connectivity index (χ0n) is 4.95. The van der Waals surface area contributed by atoms with E-state index in [1.165, 1.54) is 0 Å². The van der Waals surface area contributed by atoms with Gasteiger partial charge < -0.3 is 29.7 Å². The Hall–Kier alpha value is 1.10. The molecule has 10 heteroatoms. The SMILES string of the molecule is O=N[O-].OP(O)P(O)O.[Na+]. The van der Waals surface area contributed by atoms with E-state index in [9.17, 15) is 0 Å². The summed E-state index contributed by atoms with van der Waals surface area (Å²) in [5.74, 6) is 0. The van der Waals surface area contributed by atoms with E-state index in [1.807, 2.05) is 0 Å². The van der Waals surface area contributed by atoms with Gasteiger partial charge in [0, 0.05) is 0 Å². The second-order valence-electron chi connectivity index (χ2n) is 0.611. The van der Waals surface area contributed by atoms with E-state index < -0.39 is 16.1 Å². The van der Waals surface area contributed by atoms with Crippen LogP contribution in [0.5, 0.6) is 0 Å². The average Bonchev–Trinajstić information content (AvgIpc) is 1.68. The summed E-state index contributed by atoms with van der Waals surface area (Å²) in [6.45, 7) is 0. The normalized spacial score (nSPS) is 7.80. The third-order valence-electron chi connectivity index (χ3n) is 0.160. The largest absolute Gasteiger partial charge is 1.00 e. The molecule has 7 nitrogen and oxygen atoms in total. The third kappa shape index (κ3) is 23.0.